The Balaban J connectivity index is 1.86. The summed E-state index contributed by atoms with van der Waals surface area (Å²) in [5.74, 6) is 0.963. The first-order valence-corrected chi connectivity index (χ1v) is 7.99. The Morgan fingerprint density at radius 2 is 2.27 bits per heavy atom. The number of benzene rings is 1. The van der Waals surface area contributed by atoms with Crippen LogP contribution < -0.4 is 10.5 Å². The van der Waals surface area contributed by atoms with Crippen LogP contribution in [0.5, 0.6) is 5.75 Å². The van der Waals surface area contributed by atoms with E-state index in [0.29, 0.717) is 13.0 Å². The smallest absolute Gasteiger partial charge is 0.223 e. The molecule has 1 aromatic carbocycles. The lowest BCUT2D eigenvalue weighted by Crippen LogP contribution is -2.51. The molecular weight excluding hydrogens is 280 g/mol. The Bertz CT molecular complexity index is 528. The molecule has 1 aromatic rings. The predicted octanol–water partition coefficient (Wildman–Crippen LogP) is 1.86. The van der Waals surface area contributed by atoms with Crippen LogP contribution >= 0.6 is 0 Å². The fourth-order valence-electron chi connectivity index (χ4n) is 3.45. The summed E-state index contributed by atoms with van der Waals surface area (Å²) in [5.41, 5.74) is 7.39. The minimum atomic E-state index is -0.0967. The monoisotopic (exact) mass is 304 g/mol. The van der Waals surface area contributed by atoms with Crippen LogP contribution in [0.4, 0.5) is 0 Å². The summed E-state index contributed by atoms with van der Waals surface area (Å²) in [6.45, 7) is 1.43. The van der Waals surface area contributed by atoms with E-state index in [0.717, 1.165) is 37.2 Å². The van der Waals surface area contributed by atoms with Gasteiger partial charge in [-0.2, -0.15) is 0 Å². The second kappa shape index (κ2) is 6.67. The second-order valence-electron chi connectivity index (χ2n) is 6.11. The van der Waals surface area contributed by atoms with Crippen LogP contribution in [0.3, 0.4) is 0 Å². The van der Waals surface area contributed by atoms with Crippen LogP contribution in [0.15, 0.2) is 24.3 Å². The average Bonchev–Trinajstić information content (AvgIpc) is 3.04. The normalized spacial score (nSPS) is 28.9. The topological polar surface area (TPSA) is 64.8 Å². The van der Waals surface area contributed by atoms with Gasteiger partial charge in [0.25, 0.3) is 0 Å². The van der Waals surface area contributed by atoms with E-state index >= 15 is 0 Å². The van der Waals surface area contributed by atoms with Gasteiger partial charge in [-0.1, -0.05) is 12.1 Å². The van der Waals surface area contributed by atoms with Gasteiger partial charge >= 0.3 is 0 Å². The molecule has 0 aliphatic carbocycles. The quantitative estimate of drug-likeness (QED) is 0.922. The molecule has 2 aliphatic rings. The van der Waals surface area contributed by atoms with Crippen molar-refractivity contribution >= 4 is 5.91 Å². The van der Waals surface area contributed by atoms with Gasteiger partial charge in [0.1, 0.15) is 5.75 Å². The molecule has 0 spiro atoms. The summed E-state index contributed by atoms with van der Waals surface area (Å²) >= 11 is 0. The minimum Gasteiger partial charge on any atom is -0.497 e. The molecule has 22 heavy (non-hydrogen) atoms. The van der Waals surface area contributed by atoms with Crippen LogP contribution in [-0.4, -0.2) is 43.2 Å². The van der Waals surface area contributed by atoms with Crippen molar-refractivity contribution in [1.29, 1.82) is 0 Å². The van der Waals surface area contributed by atoms with Gasteiger partial charge in [-0.15, -0.1) is 0 Å². The van der Waals surface area contributed by atoms with Gasteiger partial charge < -0.3 is 20.1 Å². The molecule has 2 aliphatic heterocycles. The molecule has 0 saturated carbocycles. The predicted molar refractivity (Wildman–Crippen MR) is 83.6 cm³/mol. The van der Waals surface area contributed by atoms with E-state index in [2.05, 4.69) is 0 Å². The van der Waals surface area contributed by atoms with Crippen molar-refractivity contribution in [2.75, 3.05) is 20.3 Å². The molecule has 3 unspecified atom stereocenters. The first-order valence-electron chi connectivity index (χ1n) is 7.99. The SMILES string of the molecule is COc1cccc(C2C(N)CCC(=O)N2CC2CCCO2)c1. The van der Waals surface area contributed by atoms with Crippen LogP contribution in [0, 0.1) is 0 Å². The number of carbonyl (C=O) groups excluding carboxylic acids is 1. The number of nitrogens with zero attached hydrogens (tertiary/aromatic N) is 1. The Morgan fingerprint density at radius 3 is 3.00 bits per heavy atom. The number of amides is 1. The number of hydrogen-bond donors (Lipinski definition) is 1. The molecule has 2 saturated heterocycles. The van der Waals surface area contributed by atoms with E-state index in [-0.39, 0.29) is 24.1 Å². The Morgan fingerprint density at radius 1 is 1.41 bits per heavy atom. The largest absolute Gasteiger partial charge is 0.497 e. The standard InChI is InChI=1S/C17H24N2O3/c1-21-13-5-2-4-12(10-13)17-15(18)7-8-16(20)19(17)11-14-6-3-9-22-14/h2,4-5,10,14-15,17H,3,6-9,11,18H2,1H3. The summed E-state index contributed by atoms with van der Waals surface area (Å²) in [7, 11) is 1.65. The highest BCUT2D eigenvalue weighted by molar-refractivity contribution is 5.78. The van der Waals surface area contributed by atoms with Gasteiger partial charge in [-0.25, -0.2) is 0 Å². The molecule has 2 N–H and O–H groups in total. The first kappa shape index (κ1) is 15.3. The third-order valence-corrected chi connectivity index (χ3v) is 4.61. The maximum atomic E-state index is 12.4. The van der Waals surface area contributed by atoms with Crippen molar-refractivity contribution in [3.8, 4) is 5.75 Å². The molecule has 5 nitrogen and oxygen atoms in total. The van der Waals surface area contributed by atoms with Crippen molar-refractivity contribution in [3.05, 3.63) is 29.8 Å². The Hall–Kier alpha value is -1.59. The first-order chi connectivity index (χ1) is 10.7. The number of piperidine rings is 1. The number of ether oxygens (including phenoxy) is 2. The summed E-state index contributed by atoms with van der Waals surface area (Å²) in [6, 6.07) is 7.71. The molecule has 1 amide bonds. The molecule has 3 rings (SSSR count). The zero-order valence-electron chi connectivity index (χ0n) is 13.0. The van der Waals surface area contributed by atoms with E-state index in [1.54, 1.807) is 7.11 Å². The van der Waals surface area contributed by atoms with Gasteiger partial charge in [0.2, 0.25) is 5.91 Å². The molecule has 0 bridgehead atoms. The van der Waals surface area contributed by atoms with Gasteiger partial charge in [-0.3, -0.25) is 4.79 Å². The summed E-state index contributed by atoms with van der Waals surface area (Å²) in [6.07, 6.45) is 3.48. The molecule has 0 radical (unpaired) electrons. The number of rotatable bonds is 4. The second-order valence-corrected chi connectivity index (χ2v) is 6.11. The van der Waals surface area contributed by atoms with Crippen LogP contribution in [0.25, 0.3) is 0 Å². The third-order valence-electron chi connectivity index (χ3n) is 4.61. The molecule has 0 aromatic heterocycles. The van der Waals surface area contributed by atoms with Crippen molar-refractivity contribution in [3.63, 3.8) is 0 Å². The maximum absolute atomic E-state index is 12.4. The maximum Gasteiger partial charge on any atom is 0.223 e. The third kappa shape index (κ3) is 3.10. The van der Waals surface area contributed by atoms with Gasteiger partial charge in [0.05, 0.1) is 19.3 Å². The van der Waals surface area contributed by atoms with E-state index in [1.165, 1.54) is 0 Å². The lowest BCUT2D eigenvalue weighted by atomic mass is 9.90. The number of hydrogen-bond acceptors (Lipinski definition) is 4. The molecule has 2 fully saturated rings. The number of nitrogens with two attached hydrogens (primary N) is 1. The van der Waals surface area contributed by atoms with Gasteiger partial charge in [0, 0.05) is 25.6 Å². The molecular formula is C17H24N2O3. The number of methoxy groups -OCH3 is 1. The zero-order valence-corrected chi connectivity index (χ0v) is 13.0. The van der Waals surface area contributed by atoms with Crippen LogP contribution in [0.1, 0.15) is 37.3 Å². The number of likely N-dealkylation sites (tertiary alicyclic amines) is 1. The Kier molecular flexibility index (Phi) is 4.64. The van der Waals surface area contributed by atoms with E-state index in [1.807, 2.05) is 29.2 Å². The molecule has 120 valence electrons. The van der Waals surface area contributed by atoms with Gasteiger partial charge in [0.15, 0.2) is 0 Å². The fourth-order valence-corrected chi connectivity index (χ4v) is 3.45. The van der Waals surface area contributed by atoms with Crippen LogP contribution in [-0.2, 0) is 9.53 Å². The molecule has 5 heteroatoms. The number of carbonyl (C=O) groups is 1. The van der Waals surface area contributed by atoms with Crippen LogP contribution in [0.2, 0.25) is 0 Å². The van der Waals surface area contributed by atoms with Crippen molar-refractivity contribution < 1.29 is 14.3 Å². The van der Waals surface area contributed by atoms with Gasteiger partial charge in [-0.05, 0) is 37.0 Å². The lowest BCUT2D eigenvalue weighted by Gasteiger charge is -2.41. The van der Waals surface area contributed by atoms with E-state index in [9.17, 15) is 4.79 Å². The molecule has 2 heterocycles. The van der Waals surface area contributed by atoms with Crippen molar-refractivity contribution in [1.82, 2.24) is 4.90 Å². The highest BCUT2D eigenvalue weighted by Gasteiger charge is 2.36. The molecule has 3 atom stereocenters. The van der Waals surface area contributed by atoms with E-state index < -0.39 is 0 Å². The summed E-state index contributed by atoms with van der Waals surface area (Å²) in [4.78, 5) is 14.4. The van der Waals surface area contributed by atoms with Crippen molar-refractivity contribution in [2.45, 2.75) is 43.9 Å². The lowest BCUT2D eigenvalue weighted by molar-refractivity contribution is -0.139. The Labute approximate surface area is 131 Å². The fraction of sp³-hybridized carbons (Fsp3) is 0.588. The van der Waals surface area contributed by atoms with E-state index in [4.69, 9.17) is 15.2 Å². The highest BCUT2D eigenvalue weighted by Crippen LogP contribution is 2.33. The zero-order chi connectivity index (χ0) is 15.5. The van der Waals surface area contributed by atoms with Crippen molar-refractivity contribution in [2.24, 2.45) is 5.73 Å². The average molecular weight is 304 g/mol. The minimum absolute atomic E-state index is 0.0498. The summed E-state index contributed by atoms with van der Waals surface area (Å²) < 4.78 is 11.0. The highest BCUT2D eigenvalue weighted by atomic mass is 16.5. The summed E-state index contributed by atoms with van der Waals surface area (Å²) in [5, 5.41) is 0.